The third-order valence-electron chi connectivity index (χ3n) is 2.82. The summed E-state index contributed by atoms with van der Waals surface area (Å²) in [5, 5.41) is 2.73. The van der Waals surface area contributed by atoms with Crippen LogP contribution in [0.5, 0.6) is 0 Å². The van der Waals surface area contributed by atoms with E-state index < -0.39 is 23.6 Å². The standard InChI is InChI=1S/C13H11F4N3/c1-18-12(8-4-9(14)6-20-5-8)10-7-19-3-2-11(10)13(15,16)17/h2-7,12,18H,1H3. The first kappa shape index (κ1) is 14.4. The van der Waals surface area contributed by atoms with Gasteiger partial charge in [-0.15, -0.1) is 0 Å². The molecule has 0 saturated heterocycles. The van der Waals surface area contributed by atoms with Gasteiger partial charge in [0, 0.05) is 24.2 Å². The van der Waals surface area contributed by atoms with E-state index in [0.29, 0.717) is 5.56 Å². The summed E-state index contributed by atoms with van der Waals surface area (Å²) in [6.07, 6.45) is -0.00652. The Kier molecular flexibility index (Phi) is 3.99. The van der Waals surface area contributed by atoms with E-state index in [1.807, 2.05) is 0 Å². The topological polar surface area (TPSA) is 37.8 Å². The summed E-state index contributed by atoms with van der Waals surface area (Å²) in [4.78, 5) is 7.38. The number of hydrogen-bond donors (Lipinski definition) is 1. The van der Waals surface area contributed by atoms with Crippen molar-refractivity contribution >= 4 is 0 Å². The van der Waals surface area contributed by atoms with Crippen LogP contribution in [0.1, 0.15) is 22.7 Å². The summed E-state index contributed by atoms with van der Waals surface area (Å²) < 4.78 is 52.2. The van der Waals surface area contributed by atoms with Crippen molar-refractivity contribution in [2.75, 3.05) is 7.05 Å². The average Bonchev–Trinajstić information content (AvgIpc) is 2.39. The van der Waals surface area contributed by atoms with E-state index >= 15 is 0 Å². The van der Waals surface area contributed by atoms with Gasteiger partial charge in [0.15, 0.2) is 0 Å². The van der Waals surface area contributed by atoms with Gasteiger partial charge in [-0.05, 0) is 24.7 Å². The minimum atomic E-state index is -4.51. The Labute approximate surface area is 112 Å². The maximum atomic E-state index is 13.2. The molecule has 1 N–H and O–H groups in total. The molecular formula is C13H11F4N3. The molecule has 2 rings (SSSR count). The van der Waals surface area contributed by atoms with Gasteiger partial charge in [0.25, 0.3) is 0 Å². The van der Waals surface area contributed by atoms with Crippen LogP contribution in [0, 0.1) is 5.82 Å². The summed E-state index contributed by atoms with van der Waals surface area (Å²) in [5.41, 5.74) is -0.586. The molecule has 0 aliphatic heterocycles. The zero-order chi connectivity index (χ0) is 14.8. The van der Waals surface area contributed by atoms with Gasteiger partial charge in [-0.3, -0.25) is 9.97 Å². The molecule has 1 unspecified atom stereocenters. The Morgan fingerprint density at radius 2 is 1.90 bits per heavy atom. The summed E-state index contributed by atoms with van der Waals surface area (Å²) in [6, 6.07) is 1.19. The quantitative estimate of drug-likeness (QED) is 0.881. The smallest absolute Gasteiger partial charge is 0.309 e. The number of nitrogens with one attached hydrogen (secondary N) is 1. The van der Waals surface area contributed by atoms with E-state index in [9.17, 15) is 17.6 Å². The molecule has 0 aromatic carbocycles. The van der Waals surface area contributed by atoms with Crippen LogP contribution in [0.3, 0.4) is 0 Å². The van der Waals surface area contributed by atoms with E-state index in [1.54, 1.807) is 0 Å². The minimum absolute atomic E-state index is 0.0742. The van der Waals surface area contributed by atoms with Crippen LogP contribution in [0.25, 0.3) is 0 Å². The van der Waals surface area contributed by atoms with Gasteiger partial charge in [-0.2, -0.15) is 13.2 Å². The number of pyridine rings is 2. The van der Waals surface area contributed by atoms with Gasteiger partial charge in [0.1, 0.15) is 5.82 Å². The van der Waals surface area contributed by atoms with Crippen molar-refractivity contribution in [1.29, 1.82) is 0 Å². The molecule has 3 nitrogen and oxygen atoms in total. The number of alkyl halides is 3. The van der Waals surface area contributed by atoms with E-state index in [1.165, 1.54) is 13.2 Å². The van der Waals surface area contributed by atoms with Gasteiger partial charge in [0.2, 0.25) is 0 Å². The summed E-state index contributed by atoms with van der Waals surface area (Å²) in [5.74, 6) is -0.611. The van der Waals surface area contributed by atoms with Crippen LogP contribution in [0.4, 0.5) is 17.6 Å². The van der Waals surface area contributed by atoms with Crippen molar-refractivity contribution in [2.45, 2.75) is 12.2 Å². The molecule has 0 fully saturated rings. The highest BCUT2D eigenvalue weighted by Crippen LogP contribution is 2.35. The van der Waals surface area contributed by atoms with Gasteiger partial charge < -0.3 is 5.32 Å². The maximum absolute atomic E-state index is 13.2. The molecule has 1 atom stereocenters. The first-order valence-electron chi connectivity index (χ1n) is 5.72. The van der Waals surface area contributed by atoms with Crippen molar-refractivity contribution < 1.29 is 17.6 Å². The number of aromatic nitrogens is 2. The zero-order valence-corrected chi connectivity index (χ0v) is 10.4. The average molecular weight is 285 g/mol. The van der Waals surface area contributed by atoms with Gasteiger partial charge in [-0.1, -0.05) is 0 Å². The zero-order valence-electron chi connectivity index (χ0n) is 10.4. The van der Waals surface area contributed by atoms with Crippen LogP contribution in [0.15, 0.2) is 36.9 Å². The van der Waals surface area contributed by atoms with Crippen molar-refractivity contribution in [3.05, 3.63) is 59.4 Å². The number of halogens is 4. The van der Waals surface area contributed by atoms with E-state index in [2.05, 4.69) is 15.3 Å². The molecule has 0 saturated carbocycles. The second kappa shape index (κ2) is 5.54. The maximum Gasteiger partial charge on any atom is 0.416 e. The number of hydrogen-bond acceptors (Lipinski definition) is 3. The van der Waals surface area contributed by atoms with Crippen LogP contribution < -0.4 is 5.32 Å². The van der Waals surface area contributed by atoms with Gasteiger partial charge in [0.05, 0.1) is 17.8 Å². The lowest BCUT2D eigenvalue weighted by molar-refractivity contribution is -0.138. The molecule has 0 amide bonds. The van der Waals surface area contributed by atoms with Gasteiger partial charge >= 0.3 is 6.18 Å². The second-order valence-corrected chi connectivity index (χ2v) is 4.12. The molecule has 0 spiro atoms. The normalized spacial score (nSPS) is 13.2. The Bertz CT molecular complexity index is 598. The molecule has 0 aliphatic carbocycles. The Morgan fingerprint density at radius 1 is 1.15 bits per heavy atom. The molecule has 20 heavy (non-hydrogen) atoms. The molecule has 0 bridgehead atoms. The first-order chi connectivity index (χ1) is 9.43. The van der Waals surface area contributed by atoms with Crippen LogP contribution in [-0.4, -0.2) is 17.0 Å². The SMILES string of the molecule is CNC(c1cncc(F)c1)c1cnccc1C(F)(F)F. The highest BCUT2D eigenvalue weighted by molar-refractivity contribution is 5.36. The van der Waals surface area contributed by atoms with Crippen LogP contribution in [-0.2, 0) is 6.18 Å². The van der Waals surface area contributed by atoms with Crippen LogP contribution >= 0.6 is 0 Å². The van der Waals surface area contributed by atoms with Crippen molar-refractivity contribution in [3.63, 3.8) is 0 Å². The molecule has 0 aliphatic rings. The van der Waals surface area contributed by atoms with Gasteiger partial charge in [-0.25, -0.2) is 4.39 Å². The fourth-order valence-corrected chi connectivity index (χ4v) is 1.98. The first-order valence-corrected chi connectivity index (χ1v) is 5.72. The summed E-state index contributed by atoms with van der Waals surface area (Å²) >= 11 is 0. The molecule has 2 aromatic heterocycles. The molecule has 2 heterocycles. The Hall–Kier alpha value is -2.02. The minimum Gasteiger partial charge on any atom is -0.309 e. The largest absolute Gasteiger partial charge is 0.416 e. The van der Waals surface area contributed by atoms with Crippen molar-refractivity contribution in [3.8, 4) is 0 Å². The monoisotopic (exact) mass is 285 g/mol. The van der Waals surface area contributed by atoms with Crippen molar-refractivity contribution in [2.24, 2.45) is 0 Å². The lowest BCUT2D eigenvalue weighted by atomic mass is 9.97. The van der Waals surface area contributed by atoms with Crippen LogP contribution in [0.2, 0.25) is 0 Å². The lowest BCUT2D eigenvalue weighted by Crippen LogP contribution is -2.22. The van der Waals surface area contributed by atoms with E-state index in [4.69, 9.17) is 0 Å². The third kappa shape index (κ3) is 2.93. The fraction of sp³-hybridized carbons (Fsp3) is 0.231. The number of nitrogens with zero attached hydrogens (tertiary/aromatic N) is 2. The molecule has 7 heteroatoms. The Morgan fingerprint density at radius 3 is 2.50 bits per heavy atom. The molecule has 2 aromatic rings. The highest BCUT2D eigenvalue weighted by Gasteiger charge is 2.35. The molecular weight excluding hydrogens is 274 g/mol. The predicted molar refractivity (Wildman–Crippen MR) is 64.3 cm³/mol. The lowest BCUT2D eigenvalue weighted by Gasteiger charge is -2.20. The van der Waals surface area contributed by atoms with Crippen molar-refractivity contribution in [1.82, 2.24) is 15.3 Å². The third-order valence-corrected chi connectivity index (χ3v) is 2.82. The molecule has 106 valence electrons. The Balaban J connectivity index is 2.53. The second-order valence-electron chi connectivity index (χ2n) is 4.12. The summed E-state index contributed by atoms with van der Waals surface area (Å²) in [6.45, 7) is 0. The fourth-order valence-electron chi connectivity index (χ4n) is 1.98. The highest BCUT2D eigenvalue weighted by atomic mass is 19.4. The summed E-state index contributed by atoms with van der Waals surface area (Å²) in [7, 11) is 1.49. The predicted octanol–water partition coefficient (Wildman–Crippen LogP) is 2.94. The van der Waals surface area contributed by atoms with E-state index in [0.717, 1.165) is 30.7 Å². The molecule has 0 radical (unpaired) electrons. The number of rotatable bonds is 3. The van der Waals surface area contributed by atoms with E-state index in [-0.39, 0.29) is 5.56 Å².